The number of hydrogen-bond donors (Lipinski definition) is 2. The van der Waals surface area contributed by atoms with E-state index < -0.39 is 5.82 Å². The van der Waals surface area contributed by atoms with Crippen molar-refractivity contribution in [3.63, 3.8) is 0 Å². The van der Waals surface area contributed by atoms with E-state index in [-0.39, 0.29) is 28.9 Å². The Morgan fingerprint density at radius 3 is 2.60 bits per heavy atom. The zero-order chi connectivity index (χ0) is 13.9. The Hall–Kier alpha value is -0.840. The molecular weight excluding hydrogens is 302 g/mol. The van der Waals surface area contributed by atoms with E-state index >= 15 is 0 Å². The molecule has 3 N–H and O–H groups in total. The van der Waals surface area contributed by atoms with Crippen LogP contribution in [0.1, 0.15) is 42.5 Å². The van der Waals surface area contributed by atoms with Crippen molar-refractivity contribution in [3.8, 4) is 0 Å². The van der Waals surface area contributed by atoms with Gasteiger partial charge in [0.05, 0.1) is 5.02 Å². The Labute approximate surface area is 129 Å². The molecule has 2 rings (SSSR count). The fourth-order valence-electron chi connectivity index (χ4n) is 2.43. The molecule has 3 nitrogen and oxygen atoms in total. The van der Waals surface area contributed by atoms with E-state index in [1.807, 2.05) is 0 Å². The third kappa shape index (κ3) is 4.33. The minimum Gasteiger partial charge on any atom is -0.350 e. The lowest BCUT2D eigenvalue weighted by Gasteiger charge is -2.33. The van der Waals surface area contributed by atoms with Gasteiger partial charge in [-0.05, 0) is 31.0 Å². The van der Waals surface area contributed by atoms with Gasteiger partial charge in [0.2, 0.25) is 0 Å². The molecule has 1 amide bonds. The second-order valence-corrected chi connectivity index (χ2v) is 5.64. The summed E-state index contributed by atoms with van der Waals surface area (Å²) in [4.78, 5) is 11.9. The minimum atomic E-state index is -0.527. The first-order valence-electron chi connectivity index (χ1n) is 6.52. The lowest BCUT2D eigenvalue weighted by Crippen LogP contribution is -2.51. The molecule has 20 heavy (non-hydrogen) atoms. The van der Waals surface area contributed by atoms with Crippen molar-refractivity contribution in [2.75, 3.05) is 6.54 Å². The van der Waals surface area contributed by atoms with Gasteiger partial charge in [0.25, 0.3) is 5.91 Å². The molecule has 1 aliphatic carbocycles. The van der Waals surface area contributed by atoms with Gasteiger partial charge in [0.15, 0.2) is 0 Å². The highest BCUT2D eigenvalue weighted by Crippen LogP contribution is 2.25. The van der Waals surface area contributed by atoms with Crippen LogP contribution in [0.3, 0.4) is 0 Å². The number of nitrogens with one attached hydrogen (secondary N) is 1. The molecule has 0 bridgehead atoms. The lowest BCUT2D eigenvalue weighted by atomic mass is 9.82. The summed E-state index contributed by atoms with van der Waals surface area (Å²) >= 11 is 5.65. The predicted molar refractivity (Wildman–Crippen MR) is 81.0 cm³/mol. The van der Waals surface area contributed by atoms with Gasteiger partial charge >= 0.3 is 0 Å². The van der Waals surface area contributed by atoms with Crippen molar-refractivity contribution in [1.29, 1.82) is 0 Å². The van der Waals surface area contributed by atoms with Crippen molar-refractivity contribution >= 4 is 29.9 Å². The molecule has 0 aromatic heterocycles. The number of carbonyl (C=O) groups excluding carboxylic acids is 1. The van der Waals surface area contributed by atoms with Crippen LogP contribution in [0.15, 0.2) is 18.2 Å². The molecule has 1 aromatic carbocycles. The van der Waals surface area contributed by atoms with Crippen molar-refractivity contribution in [2.45, 2.75) is 37.6 Å². The molecule has 1 aromatic rings. The van der Waals surface area contributed by atoms with E-state index in [4.69, 9.17) is 17.3 Å². The molecule has 112 valence electrons. The maximum absolute atomic E-state index is 13.0. The van der Waals surface area contributed by atoms with Gasteiger partial charge in [-0.25, -0.2) is 4.39 Å². The average molecular weight is 321 g/mol. The summed E-state index contributed by atoms with van der Waals surface area (Å²) < 4.78 is 13.0. The smallest absolute Gasteiger partial charge is 0.251 e. The van der Waals surface area contributed by atoms with Crippen LogP contribution in [0.2, 0.25) is 5.02 Å². The number of benzene rings is 1. The molecule has 1 aliphatic rings. The summed E-state index contributed by atoms with van der Waals surface area (Å²) in [6, 6.07) is 3.94. The van der Waals surface area contributed by atoms with Gasteiger partial charge in [-0.3, -0.25) is 4.79 Å². The fourth-order valence-corrected chi connectivity index (χ4v) is 2.61. The molecule has 0 aliphatic heterocycles. The maximum atomic E-state index is 13.0. The van der Waals surface area contributed by atoms with E-state index in [2.05, 4.69) is 5.32 Å². The molecule has 0 spiro atoms. The topological polar surface area (TPSA) is 55.1 Å². The third-order valence-electron chi connectivity index (χ3n) is 3.63. The molecule has 0 unspecified atom stereocenters. The van der Waals surface area contributed by atoms with E-state index in [0.717, 1.165) is 25.7 Å². The quantitative estimate of drug-likeness (QED) is 0.897. The number of carbonyl (C=O) groups is 1. The van der Waals surface area contributed by atoms with Gasteiger partial charge in [-0.1, -0.05) is 30.9 Å². The first kappa shape index (κ1) is 17.2. The van der Waals surface area contributed by atoms with E-state index in [9.17, 15) is 9.18 Å². The molecule has 0 atom stereocenters. The van der Waals surface area contributed by atoms with Crippen LogP contribution < -0.4 is 11.1 Å². The molecule has 6 heteroatoms. The van der Waals surface area contributed by atoms with Crippen LogP contribution >= 0.6 is 24.0 Å². The Balaban J connectivity index is 0.00000200. The molecule has 1 saturated carbocycles. The number of halogens is 3. The summed E-state index contributed by atoms with van der Waals surface area (Å²) in [6.45, 7) is 0.445. The summed E-state index contributed by atoms with van der Waals surface area (Å²) in [5.41, 5.74) is 6.28. The Morgan fingerprint density at radius 2 is 2.00 bits per heavy atom. The molecule has 1 fully saturated rings. The molecular formula is C14H19Cl2FN2O. The zero-order valence-corrected chi connectivity index (χ0v) is 12.7. The monoisotopic (exact) mass is 320 g/mol. The van der Waals surface area contributed by atoms with Crippen LogP contribution in [-0.2, 0) is 0 Å². The number of amides is 1. The summed E-state index contributed by atoms with van der Waals surface area (Å²) in [6.07, 6.45) is 5.28. The Morgan fingerprint density at radius 1 is 1.35 bits per heavy atom. The van der Waals surface area contributed by atoms with E-state index in [1.54, 1.807) is 0 Å². The normalized spacial score (nSPS) is 17.1. The van der Waals surface area contributed by atoms with Crippen molar-refractivity contribution in [2.24, 2.45) is 5.73 Å². The highest BCUT2D eigenvalue weighted by Gasteiger charge is 2.27. The predicted octanol–water partition coefficient (Wildman–Crippen LogP) is 3.29. The second-order valence-electron chi connectivity index (χ2n) is 5.23. The van der Waals surface area contributed by atoms with Crippen LogP contribution in [0, 0.1) is 5.82 Å². The molecule has 0 saturated heterocycles. The van der Waals surface area contributed by atoms with Crippen LogP contribution in [0.25, 0.3) is 0 Å². The average Bonchev–Trinajstić information content (AvgIpc) is 2.40. The molecule has 0 heterocycles. The van der Waals surface area contributed by atoms with Crippen LogP contribution in [0.5, 0.6) is 0 Å². The first-order chi connectivity index (χ1) is 9.00. The first-order valence-corrected chi connectivity index (χ1v) is 6.90. The van der Waals surface area contributed by atoms with Gasteiger partial charge < -0.3 is 11.1 Å². The van der Waals surface area contributed by atoms with Gasteiger partial charge in [-0.15, -0.1) is 12.4 Å². The maximum Gasteiger partial charge on any atom is 0.251 e. The number of hydrogen-bond acceptors (Lipinski definition) is 2. The SMILES string of the molecule is Cl.NC1(CNC(=O)c2ccc(F)c(Cl)c2)CCCCC1. The van der Waals surface area contributed by atoms with Crippen molar-refractivity contribution < 1.29 is 9.18 Å². The second kappa shape index (κ2) is 7.25. The van der Waals surface area contributed by atoms with Gasteiger partial charge in [0.1, 0.15) is 5.82 Å². The highest BCUT2D eigenvalue weighted by atomic mass is 35.5. The van der Waals surface area contributed by atoms with Crippen LogP contribution in [0.4, 0.5) is 4.39 Å². The minimum absolute atomic E-state index is 0. The summed E-state index contributed by atoms with van der Waals surface area (Å²) in [7, 11) is 0. The Bertz CT molecular complexity index is 476. The number of nitrogens with two attached hydrogens (primary N) is 1. The fraction of sp³-hybridized carbons (Fsp3) is 0.500. The summed E-state index contributed by atoms with van der Waals surface area (Å²) in [5.74, 6) is -0.793. The van der Waals surface area contributed by atoms with Gasteiger partial charge in [0, 0.05) is 17.6 Å². The highest BCUT2D eigenvalue weighted by molar-refractivity contribution is 6.31. The van der Waals surface area contributed by atoms with E-state index in [1.165, 1.54) is 24.6 Å². The van der Waals surface area contributed by atoms with E-state index in [0.29, 0.717) is 12.1 Å². The van der Waals surface area contributed by atoms with Crippen molar-refractivity contribution in [3.05, 3.63) is 34.6 Å². The largest absolute Gasteiger partial charge is 0.350 e. The zero-order valence-electron chi connectivity index (χ0n) is 11.1. The third-order valence-corrected chi connectivity index (χ3v) is 3.92. The summed E-state index contributed by atoms with van der Waals surface area (Å²) in [5, 5.41) is 2.76. The van der Waals surface area contributed by atoms with Crippen LogP contribution in [-0.4, -0.2) is 18.0 Å². The molecule has 0 radical (unpaired) electrons. The van der Waals surface area contributed by atoms with Gasteiger partial charge in [-0.2, -0.15) is 0 Å². The standard InChI is InChI=1S/C14H18ClFN2O.ClH/c15-11-8-10(4-5-12(11)16)13(19)18-9-14(17)6-2-1-3-7-14;/h4-5,8H,1-3,6-7,9,17H2,(H,18,19);1H. The Kier molecular flexibility index (Phi) is 6.24. The number of rotatable bonds is 3. The lowest BCUT2D eigenvalue weighted by molar-refractivity contribution is 0.0937. The van der Waals surface area contributed by atoms with Crippen molar-refractivity contribution in [1.82, 2.24) is 5.32 Å².